The van der Waals surface area contributed by atoms with Crippen molar-refractivity contribution in [2.75, 3.05) is 25.9 Å². The summed E-state index contributed by atoms with van der Waals surface area (Å²) in [6.07, 6.45) is 4.32. The molecule has 0 saturated carbocycles. The molecule has 4 heteroatoms. The second-order valence-electron chi connectivity index (χ2n) is 6.30. The molecule has 0 aliphatic carbocycles. The van der Waals surface area contributed by atoms with Crippen LogP contribution in [0.5, 0.6) is 0 Å². The van der Waals surface area contributed by atoms with Gasteiger partial charge in [-0.05, 0) is 45.0 Å². The van der Waals surface area contributed by atoms with Crippen molar-refractivity contribution in [1.82, 2.24) is 14.7 Å². The number of aryl methyl sites for hydroxylation is 1. The van der Waals surface area contributed by atoms with Gasteiger partial charge in [-0.1, -0.05) is 43.7 Å². The van der Waals surface area contributed by atoms with Gasteiger partial charge in [0.15, 0.2) is 0 Å². The first-order chi connectivity index (χ1) is 10.7. The standard InChI is InChI=1S/C18H26N4/c1-3-7-16-17(14-8-5-4-6-9-14)18(19)22(20-16)15-10-12-21(2)13-11-15/h4-6,8-9,15H,3,7,10-13,19H2,1-2H3. The van der Waals surface area contributed by atoms with E-state index in [1.807, 2.05) is 6.07 Å². The Labute approximate surface area is 132 Å². The van der Waals surface area contributed by atoms with Crippen LogP contribution in [0.1, 0.15) is 37.9 Å². The Kier molecular flexibility index (Phi) is 4.48. The van der Waals surface area contributed by atoms with Crippen molar-refractivity contribution in [2.24, 2.45) is 0 Å². The molecule has 1 aromatic heterocycles. The lowest BCUT2D eigenvalue weighted by Crippen LogP contribution is -2.32. The number of benzene rings is 1. The number of nitrogens with zero attached hydrogens (tertiary/aromatic N) is 3. The molecular formula is C18H26N4. The van der Waals surface area contributed by atoms with E-state index in [1.165, 1.54) is 5.56 Å². The third-order valence-electron chi connectivity index (χ3n) is 4.60. The van der Waals surface area contributed by atoms with Gasteiger partial charge in [0.1, 0.15) is 5.82 Å². The Morgan fingerprint density at radius 2 is 1.86 bits per heavy atom. The van der Waals surface area contributed by atoms with Gasteiger partial charge in [0.05, 0.1) is 11.7 Å². The first-order valence-corrected chi connectivity index (χ1v) is 8.31. The molecule has 0 unspecified atom stereocenters. The highest BCUT2D eigenvalue weighted by molar-refractivity contribution is 5.76. The van der Waals surface area contributed by atoms with Crippen molar-refractivity contribution in [1.29, 1.82) is 0 Å². The SMILES string of the molecule is CCCc1nn(C2CCN(C)CC2)c(N)c1-c1ccccc1. The van der Waals surface area contributed by atoms with Crippen LogP contribution in [-0.4, -0.2) is 34.8 Å². The summed E-state index contributed by atoms with van der Waals surface area (Å²) in [6, 6.07) is 10.9. The summed E-state index contributed by atoms with van der Waals surface area (Å²) in [5.41, 5.74) is 9.99. The van der Waals surface area contributed by atoms with Crippen molar-refractivity contribution in [3.63, 3.8) is 0 Å². The maximum Gasteiger partial charge on any atom is 0.130 e. The molecule has 0 bridgehead atoms. The zero-order valence-electron chi connectivity index (χ0n) is 13.6. The van der Waals surface area contributed by atoms with Crippen molar-refractivity contribution in [3.05, 3.63) is 36.0 Å². The van der Waals surface area contributed by atoms with Gasteiger partial charge in [-0.25, -0.2) is 4.68 Å². The Morgan fingerprint density at radius 3 is 2.50 bits per heavy atom. The van der Waals surface area contributed by atoms with E-state index in [9.17, 15) is 0 Å². The van der Waals surface area contributed by atoms with Crippen LogP contribution >= 0.6 is 0 Å². The van der Waals surface area contributed by atoms with Crippen molar-refractivity contribution < 1.29 is 0 Å². The molecule has 0 atom stereocenters. The average molecular weight is 298 g/mol. The average Bonchev–Trinajstić information content (AvgIpc) is 2.86. The summed E-state index contributed by atoms with van der Waals surface area (Å²) in [7, 11) is 2.18. The van der Waals surface area contributed by atoms with Crippen molar-refractivity contribution in [3.8, 4) is 11.1 Å². The number of anilines is 1. The molecule has 2 heterocycles. The Hall–Kier alpha value is -1.81. The van der Waals surface area contributed by atoms with E-state index in [0.717, 1.165) is 55.8 Å². The molecule has 0 amide bonds. The van der Waals surface area contributed by atoms with Gasteiger partial charge in [0.2, 0.25) is 0 Å². The molecule has 0 spiro atoms. The van der Waals surface area contributed by atoms with Gasteiger partial charge < -0.3 is 10.6 Å². The van der Waals surface area contributed by atoms with Crippen LogP contribution in [-0.2, 0) is 6.42 Å². The summed E-state index contributed by atoms with van der Waals surface area (Å²) in [5, 5.41) is 4.90. The lowest BCUT2D eigenvalue weighted by molar-refractivity contribution is 0.213. The summed E-state index contributed by atoms with van der Waals surface area (Å²) < 4.78 is 2.10. The predicted octanol–water partition coefficient (Wildman–Crippen LogP) is 3.35. The topological polar surface area (TPSA) is 47.1 Å². The molecule has 22 heavy (non-hydrogen) atoms. The molecule has 0 radical (unpaired) electrons. The van der Waals surface area contributed by atoms with Crippen molar-refractivity contribution >= 4 is 5.82 Å². The molecule has 2 N–H and O–H groups in total. The second-order valence-corrected chi connectivity index (χ2v) is 6.30. The third kappa shape index (κ3) is 2.88. The predicted molar refractivity (Wildman–Crippen MR) is 91.8 cm³/mol. The van der Waals surface area contributed by atoms with Crippen LogP contribution in [0.3, 0.4) is 0 Å². The minimum Gasteiger partial charge on any atom is -0.383 e. The van der Waals surface area contributed by atoms with Gasteiger partial charge in [-0.15, -0.1) is 0 Å². The molecule has 1 fully saturated rings. The molecule has 4 nitrogen and oxygen atoms in total. The van der Waals surface area contributed by atoms with Crippen LogP contribution in [0, 0.1) is 0 Å². The van der Waals surface area contributed by atoms with E-state index in [1.54, 1.807) is 0 Å². The van der Waals surface area contributed by atoms with E-state index < -0.39 is 0 Å². The zero-order chi connectivity index (χ0) is 15.5. The van der Waals surface area contributed by atoms with E-state index in [0.29, 0.717) is 6.04 Å². The van der Waals surface area contributed by atoms with Crippen LogP contribution in [0.25, 0.3) is 11.1 Å². The molecule has 118 valence electrons. The van der Waals surface area contributed by atoms with Crippen LogP contribution in [0.15, 0.2) is 30.3 Å². The van der Waals surface area contributed by atoms with Crippen molar-refractivity contribution in [2.45, 2.75) is 38.6 Å². The minimum absolute atomic E-state index is 0.435. The molecule has 1 aromatic carbocycles. The van der Waals surface area contributed by atoms with Gasteiger partial charge in [-0.3, -0.25) is 0 Å². The van der Waals surface area contributed by atoms with Gasteiger partial charge >= 0.3 is 0 Å². The van der Waals surface area contributed by atoms with E-state index >= 15 is 0 Å². The lowest BCUT2D eigenvalue weighted by Gasteiger charge is -2.29. The van der Waals surface area contributed by atoms with E-state index in [4.69, 9.17) is 10.8 Å². The fourth-order valence-corrected chi connectivity index (χ4v) is 3.35. The van der Waals surface area contributed by atoms with Gasteiger partial charge in [0, 0.05) is 5.56 Å². The highest BCUT2D eigenvalue weighted by atomic mass is 15.3. The van der Waals surface area contributed by atoms with Crippen LogP contribution in [0.4, 0.5) is 5.82 Å². The van der Waals surface area contributed by atoms with E-state index in [-0.39, 0.29) is 0 Å². The molecule has 1 aliphatic heterocycles. The quantitative estimate of drug-likeness (QED) is 0.941. The second kappa shape index (κ2) is 6.53. The largest absolute Gasteiger partial charge is 0.383 e. The highest BCUT2D eigenvalue weighted by Gasteiger charge is 2.24. The number of nitrogen functional groups attached to an aromatic ring is 1. The molecule has 1 aliphatic rings. The normalized spacial score (nSPS) is 17.0. The summed E-state index contributed by atoms with van der Waals surface area (Å²) >= 11 is 0. The van der Waals surface area contributed by atoms with Gasteiger partial charge in [-0.2, -0.15) is 5.10 Å². The number of nitrogens with two attached hydrogens (primary N) is 1. The monoisotopic (exact) mass is 298 g/mol. The smallest absolute Gasteiger partial charge is 0.130 e. The third-order valence-corrected chi connectivity index (χ3v) is 4.60. The molecule has 3 rings (SSSR count). The molecule has 1 saturated heterocycles. The van der Waals surface area contributed by atoms with Crippen LogP contribution in [0.2, 0.25) is 0 Å². The first kappa shape index (κ1) is 15.1. The Morgan fingerprint density at radius 1 is 1.18 bits per heavy atom. The maximum atomic E-state index is 6.52. The Balaban J connectivity index is 1.99. The summed E-state index contributed by atoms with van der Waals surface area (Å²) in [4.78, 5) is 2.38. The summed E-state index contributed by atoms with van der Waals surface area (Å²) in [5.74, 6) is 0.837. The zero-order valence-corrected chi connectivity index (χ0v) is 13.6. The number of hydrogen-bond donors (Lipinski definition) is 1. The molecule has 2 aromatic rings. The fourth-order valence-electron chi connectivity index (χ4n) is 3.35. The molecular weight excluding hydrogens is 272 g/mol. The number of likely N-dealkylation sites (tertiary alicyclic amines) is 1. The highest BCUT2D eigenvalue weighted by Crippen LogP contribution is 2.34. The van der Waals surface area contributed by atoms with E-state index in [2.05, 4.69) is 47.8 Å². The lowest BCUT2D eigenvalue weighted by atomic mass is 10.0. The first-order valence-electron chi connectivity index (χ1n) is 8.31. The number of aromatic nitrogens is 2. The Bertz CT molecular complexity index is 610. The summed E-state index contributed by atoms with van der Waals surface area (Å²) in [6.45, 7) is 4.43. The van der Waals surface area contributed by atoms with Gasteiger partial charge in [0.25, 0.3) is 0 Å². The minimum atomic E-state index is 0.435. The fraction of sp³-hybridized carbons (Fsp3) is 0.500. The number of hydrogen-bond acceptors (Lipinski definition) is 3. The van der Waals surface area contributed by atoms with Crippen LogP contribution < -0.4 is 5.73 Å². The number of piperidine rings is 1. The number of rotatable bonds is 4. The maximum absolute atomic E-state index is 6.52.